The maximum Gasteiger partial charge on any atom is 0.339 e. The summed E-state index contributed by atoms with van der Waals surface area (Å²) in [5, 5.41) is 2.75. The summed E-state index contributed by atoms with van der Waals surface area (Å²) in [6, 6.07) is 12.7. The number of rotatable bonds is 8. The van der Waals surface area contributed by atoms with Gasteiger partial charge in [-0.25, -0.2) is 4.79 Å². The summed E-state index contributed by atoms with van der Waals surface area (Å²) < 4.78 is 11.3. The SMILES string of the molecule is CCc1ccc(OCCCC(=O)Nc2ccccc2C(=O)OC)c(Br)c1. The van der Waals surface area contributed by atoms with Crippen molar-refractivity contribution in [3.8, 4) is 5.75 Å². The number of esters is 1. The molecule has 0 aliphatic carbocycles. The molecule has 0 aromatic heterocycles. The predicted molar refractivity (Wildman–Crippen MR) is 105 cm³/mol. The normalized spacial score (nSPS) is 10.3. The van der Waals surface area contributed by atoms with E-state index in [-0.39, 0.29) is 5.91 Å². The minimum absolute atomic E-state index is 0.176. The molecule has 1 amide bonds. The number of methoxy groups -OCH3 is 1. The van der Waals surface area contributed by atoms with E-state index in [4.69, 9.17) is 9.47 Å². The number of anilines is 1. The van der Waals surface area contributed by atoms with Crippen molar-refractivity contribution in [2.75, 3.05) is 19.0 Å². The fourth-order valence-electron chi connectivity index (χ4n) is 2.39. The van der Waals surface area contributed by atoms with Crippen LogP contribution in [0.2, 0.25) is 0 Å². The predicted octanol–water partition coefficient (Wildman–Crippen LogP) is 4.60. The van der Waals surface area contributed by atoms with Crippen molar-refractivity contribution in [2.24, 2.45) is 0 Å². The lowest BCUT2D eigenvalue weighted by Crippen LogP contribution is -2.16. The highest BCUT2D eigenvalue weighted by Crippen LogP contribution is 2.26. The van der Waals surface area contributed by atoms with Gasteiger partial charge in [0.2, 0.25) is 5.91 Å². The highest BCUT2D eigenvalue weighted by atomic mass is 79.9. The maximum atomic E-state index is 12.1. The van der Waals surface area contributed by atoms with E-state index in [1.807, 2.05) is 18.2 Å². The van der Waals surface area contributed by atoms with Gasteiger partial charge in [0, 0.05) is 6.42 Å². The summed E-state index contributed by atoms with van der Waals surface area (Å²) in [5.41, 5.74) is 2.01. The maximum absolute atomic E-state index is 12.1. The molecule has 26 heavy (non-hydrogen) atoms. The minimum Gasteiger partial charge on any atom is -0.492 e. The number of hydrogen-bond acceptors (Lipinski definition) is 4. The molecule has 0 unspecified atom stereocenters. The summed E-state index contributed by atoms with van der Waals surface area (Å²) in [7, 11) is 1.31. The smallest absolute Gasteiger partial charge is 0.339 e. The lowest BCUT2D eigenvalue weighted by molar-refractivity contribution is -0.116. The first-order valence-corrected chi connectivity index (χ1v) is 9.22. The van der Waals surface area contributed by atoms with Gasteiger partial charge in [0.1, 0.15) is 5.75 Å². The number of para-hydroxylation sites is 1. The molecule has 0 saturated heterocycles. The standard InChI is InChI=1S/C20H22BrNO4/c1-3-14-10-11-18(16(21)13-14)26-12-6-9-19(23)22-17-8-5-4-7-15(17)20(24)25-2/h4-5,7-8,10-11,13H,3,6,9,12H2,1-2H3,(H,22,23). The third-order valence-electron chi connectivity index (χ3n) is 3.82. The van der Waals surface area contributed by atoms with Crippen molar-refractivity contribution in [3.05, 3.63) is 58.1 Å². The van der Waals surface area contributed by atoms with Gasteiger partial charge in [-0.15, -0.1) is 0 Å². The van der Waals surface area contributed by atoms with Crippen LogP contribution in [0.1, 0.15) is 35.7 Å². The molecule has 6 heteroatoms. The van der Waals surface area contributed by atoms with Crippen LogP contribution >= 0.6 is 15.9 Å². The number of carbonyl (C=O) groups excluding carboxylic acids is 2. The van der Waals surface area contributed by atoms with E-state index in [1.54, 1.807) is 24.3 Å². The largest absolute Gasteiger partial charge is 0.492 e. The number of aryl methyl sites for hydroxylation is 1. The van der Waals surface area contributed by atoms with Gasteiger partial charge >= 0.3 is 5.97 Å². The highest BCUT2D eigenvalue weighted by molar-refractivity contribution is 9.10. The van der Waals surface area contributed by atoms with Crippen LogP contribution in [0.3, 0.4) is 0 Å². The van der Waals surface area contributed by atoms with Crippen LogP contribution in [0.25, 0.3) is 0 Å². The number of nitrogens with one attached hydrogen (secondary N) is 1. The second kappa shape index (κ2) is 9.97. The Labute approximate surface area is 161 Å². The van der Waals surface area contributed by atoms with E-state index in [1.165, 1.54) is 12.7 Å². The molecule has 0 aliphatic rings. The molecule has 2 rings (SSSR count). The molecule has 2 aromatic carbocycles. The Kier molecular flexibility index (Phi) is 7.66. The van der Waals surface area contributed by atoms with Gasteiger partial charge < -0.3 is 14.8 Å². The van der Waals surface area contributed by atoms with Crippen LogP contribution in [0.4, 0.5) is 5.69 Å². The van der Waals surface area contributed by atoms with Crippen LogP contribution in [-0.4, -0.2) is 25.6 Å². The second-order valence-corrected chi connectivity index (χ2v) is 6.51. The first kappa shape index (κ1) is 20.0. The first-order valence-electron chi connectivity index (χ1n) is 8.43. The molecule has 138 valence electrons. The summed E-state index contributed by atoms with van der Waals surface area (Å²) in [6.45, 7) is 2.52. The Morgan fingerprint density at radius 3 is 2.62 bits per heavy atom. The van der Waals surface area contributed by atoms with Crippen LogP contribution in [-0.2, 0) is 16.0 Å². The Morgan fingerprint density at radius 1 is 1.15 bits per heavy atom. The lowest BCUT2D eigenvalue weighted by Gasteiger charge is -2.11. The Hall–Kier alpha value is -2.34. The molecule has 0 spiro atoms. The molecule has 0 heterocycles. The number of carbonyl (C=O) groups is 2. The number of hydrogen-bond donors (Lipinski definition) is 1. The number of halogens is 1. The van der Waals surface area contributed by atoms with Crippen LogP contribution in [0.15, 0.2) is 46.9 Å². The molecule has 0 atom stereocenters. The fraction of sp³-hybridized carbons (Fsp3) is 0.300. The van der Waals surface area contributed by atoms with Crippen molar-refractivity contribution in [3.63, 3.8) is 0 Å². The summed E-state index contributed by atoms with van der Waals surface area (Å²) in [4.78, 5) is 23.8. The third-order valence-corrected chi connectivity index (χ3v) is 4.44. The zero-order chi connectivity index (χ0) is 18.9. The Balaban J connectivity index is 1.82. The van der Waals surface area contributed by atoms with Crippen molar-refractivity contribution >= 4 is 33.5 Å². The van der Waals surface area contributed by atoms with Gasteiger partial charge in [0.05, 0.1) is 29.4 Å². The molecule has 0 radical (unpaired) electrons. The molecule has 0 bridgehead atoms. The fourth-order valence-corrected chi connectivity index (χ4v) is 2.93. The summed E-state index contributed by atoms with van der Waals surface area (Å²) in [5.74, 6) is 0.105. The molecule has 1 N–H and O–H groups in total. The van der Waals surface area contributed by atoms with E-state index in [0.29, 0.717) is 30.7 Å². The van der Waals surface area contributed by atoms with E-state index < -0.39 is 5.97 Å². The molecular weight excluding hydrogens is 398 g/mol. The zero-order valence-corrected chi connectivity index (χ0v) is 16.5. The van der Waals surface area contributed by atoms with Gasteiger partial charge in [0.15, 0.2) is 0 Å². The molecule has 0 aliphatic heterocycles. The highest BCUT2D eigenvalue weighted by Gasteiger charge is 2.13. The molecule has 2 aromatic rings. The molecular formula is C20H22BrNO4. The van der Waals surface area contributed by atoms with E-state index in [9.17, 15) is 9.59 Å². The molecule has 0 saturated carbocycles. The topological polar surface area (TPSA) is 64.6 Å². The van der Waals surface area contributed by atoms with Crippen LogP contribution in [0.5, 0.6) is 5.75 Å². The number of ether oxygens (including phenoxy) is 2. The van der Waals surface area contributed by atoms with E-state index in [2.05, 4.69) is 28.2 Å². The summed E-state index contributed by atoms with van der Waals surface area (Å²) >= 11 is 3.49. The average Bonchev–Trinajstić information content (AvgIpc) is 2.66. The Bertz CT molecular complexity index is 776. The van der Waals surface area contributed by atoms with Crippen molar-refractivity contribution in [1.29, 1.82) is 0 Å². The van der Waals surface area contributed by atoms with Crippen molar-refractivity contribution in [2.45, 2.75) is 26.2 Å². The Morgan fingerprint density at radius 2 is 1.92 bits per heavy atom. The van der Waals surface area contributed by atoms with Gasteiger partial charge in [-0.1, -0.05) is 25.1 Å². The molecule has 0 fully saturated rings. The summed E-state index contributed by atoms with van der Waals surface area (Å²) in [6.07, 6.45) is 1.82. The quantitative estimate of drug-likeness (QED) is 0.501. The third kappa shape index (κ3) is 5.59. The average molecular weight is 420 g/mol. The number of amides is 1. The zero-order valence-electron chi connectivity index (χ0n) is 14.9. The lowest BCUT2D eigenvalue weighted by atomic mass is 10.1. The van der Waals surface area contributed by atoms with Crippen LogP contribution < -0.4 is 10.1 Å². The van der Waals surface area contributed by atoms with Gasteiger partial charge in [-0.05, 0) is 58.6 Å². The van der Waals surface area contributed by atoms with E-state index in [0.717, 1.165) is 16.6 Å². The van der Waals surface area contributed by atoms with Crippen molar-refractivity contribution in [1.82, 2.24) is 0 Å². The van der Waals surface area contributed by atoms with Gasteiger partial charge in [-0.3, -0.25) is 4.79 Å². The second-order valence-electron chi connectivity index (χ2n) is 5.66. The monoisotopic (exact) mass is 419 g/mol. The van der Waals surface area contributed by atoms with Crippen LogP contribution in [0, 0.1) is 0 Å². The van der Waals surface area contributed by atoms with Crippen molar-refractivity contribution < 1.29 is 19.1 Å². The molecule has 5 nitrogen and oxygen atoms in total. The van der Waals surface area contributed by atoms with E-state index >= 15 is 0 Å². The number of benzene rings is 2. The first-order chi connectivity index (χ1) is 12.5. The van der Waals surface area contributed by atoms with Gasteiger partial charge in [-0.2, -0.15) is 0 Å². The van der Waals surface area contributed by atoms with Gasteiger partial charge in [0.25, 0.3) is 0 Å². The minimum atomic E-state index is -0.482.